The van der Waals surface area contributed by atoms with Crippen molar-refractivity contribution in [1.82, 2.24) is 0 Å². The molecule has 0 heterocycles. The van der Waals surface area contributed by atoms with E-state index in [0.29, 0.717) is 19.3 Å². The number of allylic oxidation sites excluding steroid dienone is 4. The van der Waals surface area contributed by atoms with E-state index in [4.69, 9.17) is 14.2 Å². The molecule has 0 spiro atoms. The first kappa shape index (κ1) is 63.9. The van der Waals surface area contributed by atoms with Crippen molar-refractivity contribution in [1.29, 1.82) is 0 Å². The zero-order valence-corrected chi connectivity index (χ0v) is 44.5. The van der Waals surface area contributed by atoms with E-state index in [9.17, 15) is 14.4 Å². The molecule has 0 saturated carbocycles. The Morgan fingerprint density at radius 2 is 0.530 bits per heavy atom. The minimum Gasteiger partial charge on any atom is -0.462 e. The molecule has 66 heavy (non-hydrogen) atoms. The molecule has 0 aliphatic rings. The van der Waals surface area contributed by atoms with E-state index in [1.807, 2.05) is 0 Å². The van der Waals surface area contributed by atoms with Crippen LogP contribution in [0.5, 0.6) is 0 Å². The van der Waals surface area contributed by atoms with Crippen molar-refractivity contribution in [3.8, 4) is 0 Å². The Labute approximate surface area is 411 Å². The molecule has 0 N–H and O–H groups in total. The van der Waals surface area contributed by atoms with E-state index in [-0.39, 0.29) is 31.1 Å². The van der Waals surface area contributed by atoms with E-state index in [0.717, 1.165) is 77.0 Å². The van der Waals surface area contributed by atoms with Gasteiger partial charge in [-0.3, -0.25) is 14.4 Å². The van der Waals surface area contributed by atoms with Crippen LogP contribution in [0.15, 0.2) is 24.3 Å². The van der Waals surface area contributed by atoms with Gasteiger partial charge in [-0.15, -0.1) is 0 Å². The second-order valence-electron chi connectivity index (χ2n) is 19.9. The normalized spacial score (nSPS) is 12.1. The van der Waals surface area contributed by atoms with Gasteiger partial charge < -0.3 is 14.2 Å². The SMILES string of the molecule is CCC/C=C\CCCCCCCC(=O)OCC(COC(=O)CCCCCCCCCCCCCCCCCCCCCCCC)OC(=O)CCCCCCC/C=C\CCCCCCCCC. The number of carbonyl (C=O) groups is 3. The molecule has 6 heteroatoms. The van der Waals surface area contributed by atoms with E-state index in [2.05, 4.69) is 45.1 Å². The Balaban J connectivity index is 4.22. The quantitative estimate of drug-likeness (QED) is 0.0262. The van der Waals surface area contributed by atoms with E-state index in [1.165, 1.54) is 205 Å². The number of rotatable bonds is 54. The van der Waals surface area contributed by atoms with Crippen molar-refractivity contribution in [2.75, 3.05) is 13.2 Å². The maximum Gasteiger partial charge on any atom is 0.306 e. The zero-order valence-electron chi connectivity index (χ0n) is 44.5. The van der Waals surface area contributed by atoms with Crippen LogP contribution in [0.4, 0.5) is 0 Å². The molecule has 0 fully saturated rings. The third kappa shape index (κ3) is 52.9. The molecule has 0 amide bonds. The van der Waals surface area contributed by atoms with Crippen molar-refractivity contribution in [3.63, 3.8) is 0 Å². The standard InChI is InChI=1S/C60H112O6/c1-4-7-10-13-16-19-22-24-26-28-29-30-31-32-33-35-36-38-41-44-47-50-53-59(62)65-56-57(55-64-58(61)52-49-46-43-40-21-18-15-12-9-6-3)66-60(63)54-51-48-45-42-39-37-34-27-25-23-20-17-14-11-8-5-2/h12,15,27,34,57H,4-11,13-14,16-26,28-33,35-56H2,1-3H3/b15-12-,34-27-. The third-order valence-electron chi connectivity index (χ3n) is 13.2. The summed E-state index contributed by atoms with van der Waals surface area (Å²) in [5.41, 5.74) is 0. The second-order valence-corrected chi connectivity index (χ2v) is 19.9. The number of unbranched alkanes of at least 4 members (excludes halogenated alkanes) is 39. The molecule has 0 rings (SSSR count). The molecular formula is C60H112O6. The van der Waals surface area contributed by atoms with Crippen LogP contribution >= 0.6 is 0 Å². The Kier molecular flexibility index (Phi) is 53.7. The Bertz CT molecular complexity index is 1070. The monoisotopic (exact) mass is 929 g/mol. The lowest BCUT2D eigenvalue weighted by Crippen LogP contribution is -2.30. The molecule has 388 valence electrons. The zero-order chi connectivity index (χ0) is 47.9. The summed E-state index contributed by atoms with van der Waals surface area (Å²) >= 11 is 0. The molecule has 0 bridgehead atoms. The van der Waals surface area contributed by atoms with Crippen molar-refractivity contribution in [3.05, 3.63) is 24.3 Å². The van der Waals surface area contributed by atoms with Crippen molar-refractivity contribution >= 4 is 17.9 Å². The molecular weight excluding hydrogens is 817 g/mol. The number of carbonyl (C=O) groups excluding carboxylic acids is 3. The Morgan fingerprint density at radius 3 is 0.818 bits per heavy atom. The maximum atomic E-state index is 12.8. The molecule has 6 nitrogen and oxygen atoms in total. The highest BCUT2D eigenvalue weighted by atomic mass is 16.6. The third-order valence-corrected chi connectivity index (χ3v) is 13.2. The first-order valence-electron chi connectivity index (χ1n) is 29.3. The van der Waals surface area contributed by atoms with Gasteiger partial charge in [0.2, 0.25) is 0 Å². The number of ether oxygens (including phenoxy) is 3. The lowest BCUT2D eigenvalue weighted by molar-refractivity contribution is -0.167. The van der Waals surface area contributed by atoms with E-state index >= 15 is 0 Å². The summed E-state index contributed by atoms with van der Waals surface area (Å²) in [6, 6.07) is 0. The summed E-state index contributed by atoms with van der Waals surface area (Å²) in [5.74, 6) is -0.874. The van der Waals surface area contributed by atoms with E-state index < -0.39 is 6.10 Å². The fourth-order valence-corrected chi connectivity index (χ4v) is 8.74. The largest absolute Gasteiger partial charge is 0.462 e. The van der Waals surface area contributed by atoms with Gasteiger partial charge in [-0.25, -0.2) is 0 Å². The van der Waals surface area contributed by atoms with Gasteiger partial charge in [0.05, 0.1) is 0 Å². The number of hydrogen-bond acceptors (Lipinski definition) is 6. The summed E-state index contributed by atoms with van der Waals surface area (Å²) in [6.07, 6.45) is 64.7. The van der Waals surface area contributed by atoms with Crippen molar-refractivity contribution in [2.24, 2.45) is 0 Å². The molecule has 0 radical (unpaired) electrons. The van der Waals surface area contributed by atoms with Gasteiger partial charge in [0, 0.05) is 19.3 Å². The van der Waals surface area contributed by atoms with Crippen molar-refractivity contribution in [2.45, 2.75) is 329 Å². The topological polar surface area (TPSA) is 78.9 Å². The summed E-state index contributed by atoms with van der Waals surface area (Å²) in [7, 11) is 0. The second kappa shape index (κ2) is 55.5. The minimum atomic E-state index is -0.774. The highest BCUT2D eigenvalue weighted by molar-refractivity contribution is 5.71. The van der Waals surface area contributed by atoms with E-state index in [1.54, 1.807) is 0 Å². The smallest absolute Gasteiger partial charge is 0.306 e. The molecule has 0 aliphatic carbocycles. The average molecular weight is 930 g/mol. The lowest BCUT2D eigenvalue weighted by Gasteiger charge is -2.18. The average Bonchev–Trinajstić information content (AvgIpc) is 3.31. The van der Waals surface area contributed by atoms with Crippen LogP contribution in [0, 0.1) is 0 Å². The highest BCUT2D eigenvalue weighted by Crippen LogP contribution is 2.17. The first-order chi connectivity index (χ1) is 32.5. The molecule has 0 saturated heterocycles. The lowest BCUT2D eigenvalue weighted by atomic mass is 10.0. The van der Waals surface area contributed by atoms with Gasteiger partial charge in [0.15, 0.2) is 6.10 Å². The van der Waals surface area contributed by atoms with Crippen LogP contribution in [0.3, 0.4) is 0 Å². The summed E-state index contributed by atoms with van der Waals surface area (Å²) in [6.45, 7) is 6.61. The van der Waals surface area contributed by atoms with Crippen LogP contribution in [0.2, 0.25) is 0 Å². The van der Waals surface area contributed by atoms with Gasteiger partial charge in [-0.1, -0.05) is 263 Å². The van der Waals surface area contributed by atoms with Crippen LogP contribution in [0.25, 0.3) is 0 Å². The molecule has 0 aliphatic heterocycles. The molecule has 0 aromatic carbocycles. The first-order valence-corrected chi connectivity index (χ1v) is 29.3. The fraction of sp³-hybridized carbons (Fsp3) is 0.883. The van der Waals surface area contributed by atoms with Gasteiger partial charge >= 0.3 is 17.9 Å². The molecule has 0 aromatic heterocycles. The molecule has 1 atom stereocenters. The number of esters is 3. The Hall–Kier alpha value is -2.11. The Morgan fingerprint density at radius 1 is 0.288 bits per heavy atom. The van der Waals surface area contributed by atoms with Crippen LogP contribution in [-0.4, -0.2) is 37.2 Å². The minimum absolute atomic E-state index is 0.0731. The maximum absolute atomic E-state index is 12.8. The molecule has 0 aromatic rings. The number of hydrogen-bond donors (Lipinski definition) is 0. The predicted octanol–water partition coefficient (Wildman–Crippen LogP) is 19.5. The predicted molar refractivity (Wildman–Crippen MR) is 284 cm³/mol. The van der Waals surface area contributed by atoms with Crippen LogP contribution in [-0.2, 0) is 28.6 Å². The van der Waals surface area contributed by atoms with Gasteiger partial charge in [0.1, 0.15) is 13.2 Å². The molecule has 1 unspecified atom stereocenters. The highest BCUT2D eigenvalue weighted by Gasteiger charge is 2.19. The summed E-state index contributed by atoms with van der Waals surface area (Å²) < 4.78 is 16.8. The van der Waals surface area contributed by atoms with Gasteiger partial charge in [0.25, 0.3) is 0 Å². The van der Waals surface area contributed by atoms with Crippen LogP contribution < -0.4 is 0 Å². The summed E-state index contributed by atoms with van der Waals surface area (Å²) in [5, 5.41) is 0. The summed E-state index contributed by atoms with van der Waals surface area (Å²) in [4.78, 5) is 38.1. The van der Waals surface area contributed by atoms with Gasteiger partial charge in [-0.2, -0.15) is 0 Å². The van der Waals surface area contributed by atoms with Gasteiger partial charge in [-0.05, 0) is 64.2 Å². The van der Waals surface area contributed by atoms with Crippen molar-refractivity contribution < 1.29 is 28.6 Å². The van der Waals surface area contributed by atoms with Crippen LogP contribution in [0.1, 0.15) is 323 Å². The fourth-order valence-electron chi connectivity index (χ4n) is 8.74.